The zero-order valence-electron chi connectivity index (χ0n) is 20.9. The molecule has 0 spiro atoms. The van der Waals surface area contributed by atoms with Gasteiger partial charge in [-0.1, -0.05) is 71.8 Å². The third-order valence-corrected chi connectivity index (χ3v) is 7.30. The van der Waals surface area contributed by atoms with Crippen molar-refractivity contribution in [3.63, 3.8) is 0 Å². The van der Waals surface area contributed by atoms with Crippen LogP contribution >= 0.6 is 0 Å². The molecule has 0 fully saturated rings. The van der Waals surface area contributed by atoms with Crippen LogP contribution in [0.15, 0.2) is 77.8 Å². The van der Waals surface area contributed by atoms with Gasteiger partial charge in [0.15, 0.2) is 0 Å². The van der Waals surface area contributed by atoms with E-state index in [4.69, 9.17) is 0 Å². The van der Waals surface area contributed by atoms with Crippen LogP contribution in [0.3, 0.4) is 0 Å². The van der Waals surface area contributed by atoms with Crippen molar-refractivity contribution < 1.29 is 27.1 Å². The summed E-state index contributed by atoms with van der Waals surface area (Å²) in [5, 5.41) is 9.67. The number of carbonyl (C=O) groups is 1. The van der Waals surface area contributed by atoms with Crippen LogP contribution in [0, 0.1) is 13.8 Å². The van der Waals surface area contributed by atoms with Crippen LogP contribution in [0.5, 0.6) is 0 Å². The number of rotatable bonds is 9. The Hall–Kier alpha value is -3.83. The minimum absolute atomic E-state index is 0.0626. The van der Waals surface area contributed by atoms with Crippen molar-refractivity contribution in [2.75, 3.05) is 6.54 Å². The van der Waals surface area contributed by atoms with Crippen molar-refractivity contribution in [3.05, 3.63) is 101 Å². The molecule has 1 heterocycles. The molecule has 11 heteroatoms. The van der Waals surface area contributed by atoms with E-state index >= 15 is 0 Å². The van der Waals surface area contributed by atoms with E-state index in [0.717, 1.165) is 22.3 Å². The second-order valence-corrected chi connectivity index (χ2v) is 10.9. The van der Waals surface area contributed by atoms with Crippen molar-refractivity contribution >= 4 is 27.1 Å². The van der Waals surface area contributed by atoms with E-state index in [0.29, 0.717) is 17.6 Å². The highest BCUT2D eigenvalue weighted by Gasteiger charge is 2.27. The quantitative estimate of drug-likeness (QED) is 0.322. The average molecular weight is 543 g/mol. The number of sulfonamides is 1. The van der Waals surface area contributed by atoms with Gasteiger partial charge in [-0.2, -0.15) is 8.78 Å². The molecule has 4 aromatic rings. The molecule has 0 aliphatic carbocycles. The van der Waals surface area contributed by atoms with Gasteiger partial charge in [0, 0.05) is 6.54 Å². The van der Waals surface area contributed by atoms with Gasteiger partial charge in [0.05, 0.1) is 23.6 Å². The first-order valence-electron chi connectivity index (χ1n) is 11.9. The van der Waals surface area contributed by atoms with E-state index in [1.54, 1.807) is 27.3 Å². The molecule has 1 unspecified atom stereocenters. The number of imidazole rings is 1. The molecular formula is C27H28F2N4O4S. The molecule has 0 bridgehead atoms. The number of nitrogens with one attached hydrogen (secondary N) is 1. The predicted octanol–water partition coefficient (Wildman–Crippen LogP) is 4.61. The Kier molecular flexibility index (Phi) is 8.08. The monoisotopic (exact) mass is 542 g/mol. The van der Waals surface area contributed by atoms with Crippen molar-refractivity contribution in [1.82, 2.24) is 13.9 Å². The van der Waals surface area contributed by atoms with Crippen molar-refractivity contribution in [1.29, 1.82) is 0 Å². The third kappa shape index (κ3) is 6.17. The standard InChI is InChI=1S/C27H28F2N4O4S/c1-18-7-11-20(12-8-18)15-22(16-30-38(36,37)25(28)29)33-24-6-4-3-5-23(24)32(26(33)31-27(34)35)17-21-13-9-19(2)10-14-21/h3-14,22,25,30H,15-17H2,1-2H3,(H,34,35). The minimum Gasteiger partial charge on any atom is -0.463 e. The molecule has 0 aliphatic heterocycles. The number of carboxylic acid groups (broad SMARTS) is 1. The first kappa shape index (κ1) is 27.2. The van der Waals surface area contributed by atoms with Crippen LogP contribution in [-0.4, -0.2) is 41.1 Å². The van der Waals surface area contributed by atoms with Crippen LogP contribution < -0.4 is 10.3 Å². The van der Waals surface area contributed by atoms with Crippen LogP contribution in [0.2, 0.25) is 0 Å². The first-order chi connectivity index (χ1) is 18.0. The van der Waals surface area contributed by atoms with Gasteiger partial charge < -0.3 is 14.2 Å². The zero-order valence-corrected chi connectivity index (χ0v) is 21.7. The molecule has 1 aromatic heterocycles. The number of fused-ring (bicyclic) bond motifs is 1. The molecule has 0 saturated carbocycles. The number of amides is 1. The number of halogens is 2. The molecule has 4 rings (SSSR count). The van der Waals surface area contributed by atoms with Gasteiger partial charge in [0.25, 0.3) is 10.0 Å². The van der Waals surface area contributed by atoms with Gasteiger partial charge in [-0.15, -0.1) is 4.99 Å². The third-order valence-electron chi connectivity index (χ3n) is 6.26. The second kappa shape index (κ2) is 11.3. The number of benzene rings is 3. The summed E-state index contributed by atoms with van der Waals surface area (Å²) in [6, 6.07) is 21.7. The number of alkyl halides is 2. The fraction of sp³-hybridized carbons (Fsp3) is 0.259. The van der Waals surface area contributed by atoms with Gasteiger partial charge in [-0.3, -0.25) is 0 Å². The lowest BCUT2D eigenvalue weighted by atomic mass is 10.0. The topological polar surface area (TPSA) is 106 Å². The lowest BCUT2D eigenvalue weighted by molar-refractivity contribution is 0.204. The Morgan fingerprint density at radius 1 is 0.921 bits per heavy atom. The Morgan fingerprint density at radius 2 is 1.47 bits per heavy atom. The highest BCUT2D eigenvalue weighted by atomic mass is 32.2. The van der Waals surface area contributed by atoms with Crippen molar-refractivity contribution in [3.8, 4) is 0 Å². The number of hydrogen-bond acceptors (Lipinski definition) is 3. The van der Waals surface area contributed by atoms with Gasteiger partial charge in [-0.25, -0.2) is 17.9 Å². The maximum absolute atomic E-state index is 13.2. The number of aryl methyl sites for hydroxylation is 2. The van der Waals surface area contributed by atoms with Gasteiger partial charge in [-0.05, 0) is 43.5 Å². The molecule has 200 valence electrons. The van der Waals surface area contributed by atoms with Crippen molar-refractivity contribution in [2.45, 2.75) is 38.6 Å². The summed E-state index contributed by atoms with van der Waals surface area (Å²) in [6.07, 6.45) is -1.20. The summed E-state index contributed by atoms with van der Waals surface area (Å²) < 4.78 is 55.6. The lowest BCUT2D eigenvalue weighted by Gasteiger charge is -2.21. The van der Waals surface area contributed by atoms with Crippen LogP contribution in [0.4, 0.5) is 13.6 Å². The molecule has 38 heavy (non-hydrogen) atoms. The summed E-state index contributed by atoms with van der Waals surface area (Å²) >= 11 is 0. The summed E-state index contributed by atoms with van der Waals surface area (Å²) in [7, 11) is -4.89. The zero-order chi connectivity index (χ0) is 27.4. The molecule has 0 saturated heterocycles. The van der Waals surface area contributed by atoms with Gasteiger partial charge in [0.2, 0.25) is 5.62 Å². The molecule has 8 nitrogen and oxygen atoms in total. The smallest absolute Gasteiger partial charge is 0.434 e. The fourth-order valence-corrected chi connectivity index (χ4v) is 4.91. The normalized spacial score (nSPS) is 13.3. The molecule has 0 aliphatic rings. The van der Waals surface area contributed by atoms with E-state index in [9.17, 15) is 27.1 Å². The van der Waals surface area contributed by atoms with E-state index in [1.165, 1.54) is 0 Å². The number of aromatic nitrogens is 2. The van der Waals surface area contributed by atoms with E-state index in [-0.39, 0.29) is 12.0 Å². The SMILES string of the molecule is Cc1ccc(CC(CNS(=O)(=O)C(F)F)n2c(=NC(=O)O)n(Cc3ccc(C)cc3)c3ccccc32)cc1. The predicted molar refractivity (Wildman–Crippen MR) is 141 cm³/mol. The van der Waals surface area contributed by atoms with Crippen LogP contribution in [0.1, 0.15) is 28.3 Å². The lowest BCUT2D eigenvalue weighted by Crippen LogP contribution is -2.39. The summed E-state index contributed by atoms with van der Waals surface area (Å²) in [6.45, 7) is 3.78. The number of hydrogen-bond donors (Lipinski definition) is 2. The van der Waals surface area contributed by atoms with E-state index in [1.807, 2.05) is 73.2 Å². The Balaban J connectivity index is 1.92. The summed E-state index contributed by atoms with van der Waals surface area (Å²) in [5.41, 5.74) is 5.13. The Morgan fingerprint density at radius 3 is 2.03 bits per heavy atom. The second-order valence-electron chi connectivity index (χ2n) is 9.12. The van der Waals surface area contributed by atoms with Crippen LogP contribution in [0.25, 0.3) is 11.0 Å². The van der Waals surface area contributed by atoms with Gasteiger partial charge >= 0.3 is 11.9 Å². The van der Waals surface area contributed by atoms with E-state index < -0.39 is 34.5 Å². The number of nitrogens with zero attached hydrogens (tertiary/aromatic N) is 3. The average Bonchev–Trinajstić information content (AvgIpc) is 3.16. The highest BCUT2D eigenvalue weighted by Crippen LogP contribution is 2.22. The van der Waals surface area contributed by atoms with Crippen molar-refractivity contribution in [2.24, 2.45) is 4.99 Å². The van der Waals surface area contributed by atoms with Gasteiger partial charge in [0.1, 0.15) is 0 Å². The summed E-state index contributed by atoms with van der Waals surface area (Å²) in [4.78, 5) is 15.8. The van der Waals surface area contributed by atoms with E-state index in [2.05, 4.69) is 4.99 Å². The van der Waals surface area contributed by atoms with Crippen LogP contribution in [-0.2, 0) is 23.0 Å². The molecule has 2 N–H and O–H groups in total. The molecule has 1 amide bonds. The summed E-state index contributed by atoms with van der Waals surface area (Å²) in [5.74, 6) is -3.60. The largest absolute Gasteiger partial charge is 0.463 e. The maximum Gasteiger partial charge on any atom is 0.434 e. The number of para-hydroxylation sites is 2. The molecule has 0 radical (unpaired) electrons. The minimum atomic E-state index is -4.89. The molecule has 3 aromatic carbocycles. The fourth-order valence-electron chi connectivity index (χ4n) is 4.36. The maximum atomic E-state index is 13.2. The molecular weight excluding hydrogens is 514 g/mol. The molecule has 1 atom stereocenters. The Bertz CT molecular complexity index is 1610. The Labute approximate surface area is 218 Å². The highest BCUT2D eigenvalue weighted by molar-refractivity contribution is 7.89. The first-order valence-corrected chi connectivity index (χ1v) is 13.4.